The van der Waals surface area contributed by atoms with Crippen molar-refractivity contribution in [2.45, 2.75) is 13.0 Å². The van der Waals surface area contributed by atoms with E-state index in [1.54, 1.807) is 7.05 Å². The molecule has 0 fully saturated rings. The molecule has 140 valence electrons. The second-order valence-corrected chi connectivity index (χ2v) is 5.90. The van der Waals surface area contributed by atoms with Gasteiger partial charge in [-0.1, -0.05) is 24.3 Å². The lowest BCUT2D eigenvalue weighted by molar-refractivity contribution is 0.544. The van der Waals surface area contributed by atoms with Crippen LogP contribution in [-0.4, -0.2) is 34.2 Å². The number of nitrogens with zero attached hydrogens (tertiary/aromatic N) is 4. The minimum atomic E-state index is 0. The Labute approximate surface area is 173 Å². The number of nitrogens with one attached hydrogen (secondary N) is 2. The summed E-state index contributed by atoms with van der Waals surface area (Å²) in [5, 5.41) is 16.0. The number of furan rings is 1. The van der Waals surface area contributed by atoms with Crippen LogP contribution in [0.5, 0.6) is 0 Å². The van der Waals surface area contributed by atoms with Crippen LogP contribution >= 0.6 is 24.0 Å². The molecular weight excluding hydrogens is 455 g/mol. The summed E-state index contributed by atoms with van der Waals surface area (Å²) in [7, 11) is 1.75. The zero-order valence-corrected chi connectivity index (χ0v) is 17.3. The summed E-state index contributed by atoms with van der Waals surface area (Å²) < 4.78 is 7.78. The normalized spacial score (nSPS) is 11.5. The minimum absolute atomic E-state index is 0. The Balaban J connectivity index is 0.00000210. The molecule has 7 nitrogen and oxygen atoms in total. The van der Waals surface area contributed by atoms with Crippen LogP contribution in [0.4, 0.5) is 0 Å². The summed E-state index contributed by atoms with van der Waals surface area (Å²) in [5.41, 5.74) is 1.75. The first kappa shape index (κ1) is 19.2. The number of guanidine groups is 1. The fraction of sp³-hybridized carbons (Fsp3) is 0.211. The molecule has 8 heteroatoms. The molecule has 4 aromatic rings. The molecule has 3 heterocycles. The fourth-order valence-electron chi connectivity index (χ4n) is 2.86. The maximum absolute atomic E-state index is 5.83. The van der Waals surface area contributed by atoms with E-state index >= 15 is 0 Å². The SMILES string of the molecule is CN=C(NCCc1cc2ccccc2o1)NCc1nnc2ccccn12.I. The van der Waals surface area contributed by atoms with Crippen molar-refractivity contribution in [2.75, 3.05) is 13.6 Å². The zero-order chi connectivity index (χ0) is 17.8. The van der Waals surface area contributed by atoms with Crippen molar-refractivity contribution in [3.8, 4) is 0 Å². The maximum Gasteiger partial charge on any atom is 0.191 e. The van der Waals surface area contributed by atoms with Crippen LogP contribution in [-0.2, 0) is 13.0 Å². The quantitative estimate of drug-likeness (QED) is 0.263. The number of benzene rings is 1. The maximum atomic E-state index is 5.83. The molecule has 2 N–H and O–H groups in total. The average Bonchev–Trinajstić information content (AvgIpc) is 3.28. The van der Waals surface area contributed by atoms with Crippen LogP contribution in [0.2, 0.25) is 0 Å². The second kappa shape index (κ2) is 8.85. The summed E-state index contributed by atoms with van der Waals surface area (Å²) in [6.07, 6.45) is 2.73. The highest BCUT2D eigenvalue weighted by atomic mass is 127. The van der Waals surface area contributed by atoms with Crippen molar-refractivity contribution >= 4 is 46.6 Å². The first-order valence-electron chi connectivity index (χ1n) is 8.54. The lowest BCUT2D eigenvalue weighted by Gasteiger charge is -2.10. The molecule has 0 saturated heterocycles. The van der Waals surface area contributed by atoms with Gasteiger partial charge >= 0.3 is 0 Å². The Hall–Kier alpha value is -2.62. The number of fused-ring (bicyclic) bond motifs is 2. The van der Waals surface area contributed by atoms with E-state index in [9.17, 15) is 0 Å². The highest BCUT2D eigenvalue weighted by Gasteiger charge is 2.06. The lowest BCUT2D eigenvalue weighted by atomic mass is 10.2. The van der Waals surface area contributed by atoms with E-state index in [4.69, 9.17) is 4.42 Å². The van der Waals surface area contributed by atoms with Gasteiger partial charge < -0.3 is 15.1 Å². The molecule has 0 aliphatic heterocycles. The third-order valence-electron chi connectivity index (χ3n) is 4.16. The second-order valence-electron chi connectivity index (χ2n) is 5.90. The number of hydrogen-bond donors (Lipinski definition) is 2. The van der Waals surface area contributed by atoms with Gasteiger partial charge in [-0.3, -0.25) is 9.39 Å². The standard InChI is InChI=1S/C19H20N6O.HI/c1-20-19(22-13-18-24-23-17-8-4-5-11-25(17)18)21-10-9-15-12-14-6-2-3-7-16(14)26-15;/h2-8,11-12H,9-10,13H2,1H3,(H2,20,21,22);1H. The van der Waals surface area contributed by atoms with E-state index in [-0.39, 0.29) is 24.0 Å². The van der Waals surface area contributed by atoms with Gasteiger partial charge in [-0.2, -0.15) is 0 Å². The molecule has 4 rings (SSSR count). The Morgan fingerprint density at radius 1 is 1.11 bits per heavy atom. The Bertz CT molecular complexity index is 1020. The summed E-state index contributed by atoms with van der Waals surface area (Å²) in [4.78, 5) is 4.25. The van der Waals surface area contributed by atoms with Crippen LogP contribution in [0.25, 0.3) is 16.6 Å². The summed E-state index contributed by atoms with van der Waals surface area (Å²) in [6.45, 7) is 1.26. The van der Waals surface area contributed by atoms with Gasteiger partial charge in [0, 0.05) is 31.6 Å². The molecule has 0 aliphatic rings. The predicted octanol–water partition coefficient (Wildman–Crippen LogP) is 3.00. The van der Waals surface area contributed by atoms with Crippen molar-refractivity contribution < 1.29 is 4.42 Å². The van der Waals surface area contributed by atoms with Crippen molar-refractivity contribution in [1.29, 1.82) is 0 Å². The molecule has 0 amide bonds. The monoisotopic (exact) mass is 476 g/mol. The number of hydrogen-bond acceptors (Lipinski definition) is 4. The largest absolute Gasteiger partial charge is 0.461 e. The van der Waals surface area contributed by atoms with Gasteiger partial charge in [-0.05, 0) is 24.3 Å². The third kappa shape index (κ3) is 4.38. The molecule has 0 spiro atoms. The van der Waals surface area contributed by atoms with Crippen LogP contribution in [0.1, 0.15) is 11.6 Å². The Morgan fingerprint density at radius 2 is 1.96 bits per heavy atom. The van der Waals surface area contributed by atoms with Crippen LogP contribution < -0.4 is 10.6 Å². The molecule has 0 saturated carbocycles. The molecule has 0 radical (unpaired) electrons. The van der Waals surface area contributed by atoms with E-state index < -0.39 is 0 Å². The first-order chi connectivity index (χ1) is 12.8. The number of para-hydroxylation sites is 1. The van der Waals surface area contributed by atoms with Crippen molar-refractivity contribution in [3.05, 3.63) is 66.3 Å². The minimum Gasteiger partial charge on any atom is -0.461 e. The van der Waals surface area contributed by atoms with Crippen LogP contribution in [0.3, 0.4) is 0 Å². The lowest BCUT2D eigenvalue weighted by Crippen LogP contribution is -2.38. The molecular formula is C19H21IN6O. The molecule has 0 unspecified atom stereocenters. The smallest absolute Gasteiger partial charge is 0.191 e. The summed E-state index contributed by atoms with van der Waals surface area (Å²) in [5.74, 6) is 2.51. The average molecular weight is 476 g/mol. The van der Waals surface area contributed by atoms with Gasteiger partial charge in [0.2, 0.25) is 0 Å². The van der Waals surface area contributed by atoms with E-state index in [0.717, 1.165) is 41.2 Å². The number of rotatable bonds is 5. The van der Waals surface area contributed by atoms with Crippen molar-refractivity contribution in [3.63, 3.8) is 0 Å². The van der Waals surface area contributed by atoms with Crippen molar-refractivity contribution in [1.82, 2.24) is 25.2 Å². The highest BCUT2D eigenvalue weighted by Crippen LogP contribution is 2.18. The van der Waals surface area contributed by atoms with E-state index in [1.807, 2.05) is 47.0 Å². The van der Waals surface area contributed by atoms with Crippen molar-refractivity contribution in [2.24, 2.45) is 4.99 Å². The Morgan fingerprint density at radius 3 is 2.81 bits per heavy atom. The molecule has 3 aromatic heterocycles. The molecule has 1 aromatic carbocycles. The number of pyridine rings is 1. The number of halogens is 1. The zero-order valence-electron chi connectivity index (χ0n) is 14.9. The van der Waals surface area contributed by atoms with Gasteiger partial charge in [0.1, 0.15) is 11.3 Å². The van der Waals surface area contributed by atoms with Gasteiger partial charge in [0.25, 0.3) is 0 Å². The van der Waals surface area contributed by atoms with Gasteiger partial charge in [-0.15, -0.1) is 34.2 Å². The summed E-state index contributed by atoms with van der Waals surface area (Å²) >= 11 is 0. The number of aliphatic imine (C=N–C) groups is 1. The third-order valence-corrected chi connectivity index (χ3v) is 4.16. The predicted molar refractivity (Wildman–Crippen MR) is 117 cm³/mol. The van der Waals surface area contributed by atoms with Crippen LogP contribution in [0, 0.1) is 0 Å². The molecule has 27 heavy (non-hydrogen) atoms. The van der Waals surface area contributed by atoms with E-state index in [2.05, 4.69) is 38.0 Å². The molecule has 0 aliphatic carbocycles. The fourth-order valence-corrected chi connectivity index (χ4v) is 2.86. The van der Waals surface area contributed by atoms with Crippen LogP contribution in [0.15, 0.2) is 64.1 Å². The molecule has 0 atom stereocenters. The topological polar surface area (TPSA) is 79.8 Å². The summed E-state index contributed by atoms with van der Waals surface area (Å²) in [6, 6.07) is 15.9. The Kier molecular flexibility index (Phi) is 6.28. The van der Waals surface area contributed by atoms with E-state index in [0.29, 0.717) is 12.5 Å². The molecule has 0 bridgehead atoms. The number of aromatic nitrogens is 3. The van der Waals surface area contributed by atoms with Gasteiger partial charge in [0.15, 0.2) is 17.4 Å². The highest BCUT2D eigenvalue weighted by molar-refractivity contribution is 14.0. The first-order valence-corrected chi connectivity index (χ1v) is 8.54. The van der Waals surface area contributed by atoms with Gasteiger partial charge in [-0.25, -0.2) is 0 Å². The van der Waals surface area contributed by atoms with E-state index in [1.165, 1.54) is 0 Å². The van der Waals surface area contributed by atoms with Gasteiger partial charge in [0.05, 0.1) is 6.54 Å².